The maximum atomic E-state index is 4.20. The second kappa shape index (κ2) is 4.79. The molecule has 1 radical (unpaired) electrons. The molecule has 2 aromatic carbocycles. The highest BCUT2D eigenvalue weighted by Crippen LogP contribution is 2.19. The summed E-state index contributed by atoms with van der Waals surface area (Å²) in [6.07, 6.45) is 1.00. The van der Waals surface area contributed by atoms with E-state index in [9.17, 15) is 0 Å². The Hall–Kier alpha value is -1.56. The fraction of sp³-hybridized carbons (Fsp3) is 0.133. The molecule has 0 aromatic heterocycles. The fourth-order valence-electron chi connectivity index (χ4n) is 1.74. The van der Waals surface area contributed by atoms with Crippen molar-refractivity contribution in [1.29, 1.82) is 0 Å². The Morgan fingerprint density at radius 3 is 1.93 bits per heavy atom. The molecule has 0 saturated heterocycles. The molecule has 0 saturated carbocycles. The normalized spacial score (nSPS) is 12.3. The topological polar surface area (TPSA) is 0 Å². The lowest BCUT2D eigenvalue weighted by Gasteiger charge is -2.11. The van der Waals surface area contributed by atoms with Gasteiger partial charge in [-0.3, -0.25) is 0 Å². The zero-order valence-corrected chi connectivity index (χ0v) is 8.77. The average molecular weight is 195 g/mol. The molecule has 2 aromatic rings. The Morgan fingerprint density at radius 1 is 0.800 bits per heavy atom. The van der Waals surface area contributed by atoms with Crippen LogP contribution in [0.25, 0.3) is 0 Å². The summed E-state index contributed by atoms with van der Waals surface area (Å²) in [5.74, 6) is 0.341. The van der Waals surface area contributed by atoms with E-state index < -0.39 is 0 Å². The molecular weight excluding hydrogens is 180 g/mol. The third-order valence-corrected chi connectivity index (χ3v) is 2.60. The zero-order chi connectivity index (χ0) is 10.5. The van der Waals surface area contributed by atoms with Crippen molar-refractivity contribution in [3.8, 4) is 0 Å². The van der Waals surface area contributed by atoms with E-state index in [1.54, 1.807) is 0 Å². The van der Waals surface area contributed by atoms with Gasteiger partial charge in [-0.1, -0.05) is 60.7 Å². The van der Waals surface area contributed by atoms with Crippen LogP contribution in [0.1, 0.15) is 17.0 Å². The molecule has 1 unspecified atom stereocenters. The molecule has 0 aliphatic rings. The molecule has 0 bridgehead atoms. The van der Waals surface area contributed by atoms with Crippen LogP contribution in [0.5, 0.6) is 0 Å². The molecule has 0 fully saturated rings. The number of rotatable bonds is 3. The Morgan fingerprint density at radius 2 is 1.33 bits per heavy atom. The highest BCUT2D eigenvalue weighted by atomic mass is 14.1. The first-order chi connectivity index (χ1) is 7.36. The molecule has 0 amide bonds. The minimum absolute atomic E-state index is 0.341. The monoisotopic (exact) mass is 195 g/mol. The maximum Gasteiger partial charge on any atom is -0.0121 e. The Bertz CT molecular complexity index is 389. The SMILES string of the molecule is [CH2]C(Cc1ccccc1)c1ccccc1. The first-order valence-electron chi connectivity index (χ1n) is 5.28. The van der Waals surface area contributed by atoms with Crippen molar-refractivity contribution in [1.82, 2.24) is 0 Å². The number of benzene rings is 2. The quantitative estimate of drug-likeness (QED) is 0.698. The molecule has 0 aliphatic carbocycles. The largest absolute Gasteiger partial charge is 0.0622 e. The summed E-state index contributed by atoms with van der Waals surface area (Å²) in [6.45, 7) is 4.20. The Balaban J connectivity index is 2.08. The van der Waals surface area contributed by atoms with E-state index in [0.717, 1.165) is 6.42 Å². The van der Waals surface area contributed by atoms with Gasteiger partial charge in [-0.25, -0.2) is 0 Å². The van der Waals surface area contributed by atoms with E-state index in [-0.39, 0.29) is 0 Å². The Labute approximate surface area is 91.6 Å². The van der Waals surface area contributed by atoms with Crippen molar-refractivity contribution in [2.24, 2.45) is 0 Å². The van der Waals surface area contributed by atoms with Gasteiger partial charge in [0.25, 0.3) is 0 Å². The fourth-order valence-corrected chi connectivity index (χ4v) is 1.74. The molecule has 2 rings (SSSR count). The van der Waals surface area contributed by atoms with Gasteiger partial charge >= 0.3 is 0 Å². The third-order valence-electron chi connectivity index (χ3n) is 2.60. The van der Waals surface area contributed by atoms with Crippen LogP contribution in [0.15, 0.2) is 60.7 Å². The molecule has 15 heavy (non-hydrogen) atoms. The minimum atomic E-state index is 0.341. The van der Waals surface area contributed by atoms with E-state index in [0.29, 0.717) is 5.92 Å². The summed E-state index contributed by atoms with van der Waals surface area (Å²) < 4.78 is 0. The molecule has 75 valence electrons. The number of hydrogen-bond acceptors (Lipinski definition) is 0. The minimum Gasteiger partial charge on any atom is -0.0622 e. The highest BCUT2D eigenvalue weighted by molar-refractivity contribution is 5.24. The van der Waals surface area contributed by atoms with E-state index in [2.05, 4.69) is 55.5 Å². The first kappa shape index (κ1) is 9.97. The van der Waals surface area contributed by atoms with E-state index in [1.807, 2.05) is 12.1 Å². The van der Waals surface area contributed by atoms with Crippen LogP contribution in [-0.4, -0.2) is 0 Å². The van der Waals surface area contributed by atoms with Gasteiger partial charge in [-0.2, -0.15) is 0 Å². The van der Waals surface area contributed by atoms with Crippen LogP contribution in [0, 0.1) is 6.92 Å². The molecule has 0 spiro atoms. The van der Waals surface area contributed by atoms with E-state index in [4.69, 9.17) is 0 Å². The lowest BCUT2D eigenvalue weighted by atomic mass is 9.94. The van der Waals surface area contributed by atoms with Gasteiger partial charge in [0.05, 0.1) is 0 Å². The van der Waals surface area contributed by atoms with Crippen LogP contribution < -0.4 is 0 Å². The first-order valence-corrected chi connectivity index (χ1v) is 5.28. The molecule has 0 aliphatic heterocycles. The summed E-state index contributed by atoms with van der Waals surface area (Å²) in [6, 6.07) is 21.0. The average Bonchev–Trinajstić information content (AvgIpc) is 2.31. The molecule has 0 heterocycles. The summed E-state index contributed by atoms with van der Waals surface area (Å²) in [5, 5.41) is 0. The van der Waals surface area contributed by atoms with Gasteiger partial charge in [0.15, 0.2) is 0 Å². The van der Waals surface area contributed by atoms with Crippen molar-refractivity contribution in [2.45, 2.75) is 12.3 Å². The van der Waals surface area contributed by atoms with Crippen LogP contribution in [-0.2, 0) is 6.42 Å². The van der Waals surface area contributed by atoms with Crippen molar-refractivity contribution in [3.63, 3.8) is 0 Å². The van der Waals surface area contributed by atoms with Gasteiger partial charge in [-0.05, 0) is 30.4 Å². The lowest BCUT2D eigenvalue weighted by molar-refractivity contribution is 0.832. The lowest BCUT2D eigenvalue weighted by Crippen LogP contribution is -1.98. The van der Waals surface area contributed by atoms with Crippen molar-refractivity contribution >= 4 is 0 Å². The molecule has 0 N–H and O–H groups in total. The van der Waals surface area contributed by atoms with Gasteiger partial charge in [0.1, 0.15) is 0 Å². The number of hydrogen-bond donors (Lipinski definition) is 0. The van der Waals surface area contributed by atoms with Gasteiger partial charge in [0, 0.05) is 0 Å². The molecule has 0 nitrogen and oxygen atoms in total. The predicted octanol–water partition coefficient (Wildman–Crippen LogP) is 3.85. The zero-order valence-electron chi connectivity index (χ0n) is 8.77. The summed E-state index contributed by atoms with van der Waals surface area (Å²) in [7, 11) is 0. The van der Waals surface area contributed by atoms with Crippen molar-refractivity contribution in [2.75, 3.05) is 0 Å². The van der Waals surface area contributed by atoms with Gasteiger partial charge in [0.2, 0.25) is 0 Å². The summed E-state index contributed by atoms with van der Waals surface area (Å²) in [4.78, 5) is 0. The predicted molar refractivity (Wildman–Crippen MR) is 64.7 cm³/mol. The molecular formula is C15H15. The molecule has 0 heteroatoms. The van der Waals surface area contributed by atoms with E-state index in [1.165, 1.54) is 11.1 Å². The van der Waals surface area contributed by atoms with Crippen molar-refractivity contribution in [3.05, 3.63) is 78.7 Å². The second-order valence-corrected chi connectivity index (χ2v) is 3.80. The summed E-state index contributed by atoms with van der Waals surface area (Å²) in [5.41, 5.74) is 2.66. The maximum absolute atomic E-state index is 4.20. The van der Waals surface area contributed by atoms with Crippen LogP contribution in [0.3, 0.4) is 0 Å². The highest BCUT2D eigenvalue weighted by Gasteiger charge is 2.05. The van der Waals surface area contributed by atoms with Crippen molar-refractivity contribution < 1.29 is 0 Å². The van der Waals surface area contributed by atoms with Gasteiger partial charge in [-0.15, -0.1) is 0 Å². The molecule has 1 atom stereocenters. The standard InChI is InChI=1S/C15H15/c1-13(15-10-6-3-7-11-15)12-14-8-4-2-5-9-14/h2-11,13H,1,12H2. The van der Waals surface area contributed by atoms with Gasteiger partial charge < -0.3 is 0 Å². The Kier molecular flexibility index (Phi) is 3.18. The summed E-state index contributed by atoms with van der Waals surface area (Å²) >= 11 is 0. The third kappa shape index (κ3) is 2.69. The van der Waals surface area contributed by atoms with Crippen LogP contribution in [0.4, 0.5) is 0 Å². The second-order valence-electron chi connectivity index (χ2n) is 3.80. The smallest absolute Gasteiger partial charge is 0.0121 e. The van der Waals surface area contributed by atoms with Crippen LogP contribution in [0.2, 0.25) is 0 Å². The van der Waals surface area contributed by atoms with E-state index >= 15 is 0 Å². The van der Waals surface area contributed by atoms with Crippen LogP contribution >= 0.6 is 0 Å².